The molecule has 3 rings (SSSR count). The molecule has 0 spiro atoms. The van der Waals surface area contributed by atoms with Crippen LogP contribution in [0.1, 0.15) is 47.6 Å². The molecule has 3 saturated heterocycles. The fraction of sp³-hybridized carbons (Fsp3) is 0.958. The van der Waals surface area contributed by atoms with Crippen molar-refractivity contribution in [2.75, 3.05) is 114 Å². The maximum Gasteiger partial charge on any atom is 0.0594 e. The smallest absolute Gasteiger partial charge is 0.0594 e. The Morgan fingerprint density at radius 2 is 0.710 bits per heavy atom. The summed E-state index contributed by atoms with van der Waals surface area (Å²) >= 11 is 0. The molecule has 3 heterocycles. The fourth-order valence-electron chi connectivity index (χ4n) is 2.74. The van der Waals surface area contributed by atoms with Crippen molar-refractivity contribution in [3.63, 3.8) is 0 Å². The van der Waals surface area contributed by atoms with E-state index in [0.29, 0.717) is 0 Å². The molecular weight excluding hydrogens is 463 g/mol. The summed E-state index contributed by atoms with van der Waals surface area (Å²) in [6.45, 7) is 14.0. The summed E-state index contributed by atoms with van der Waals surface area (Å²) in [4.78, 5) is 11.8. The topological polar surface area (TPSA) is 25.4 Å². The number of piperazine rings is 1. The predicted molar refractivity (Wildman–Crippen MR) is 143 cm³/mol. The Balaban J connectivity index is -0.0000000551. The van der Waals surface area contributed by atoms with Crippen LogP contribution in [0, 0.1) is 7.43 Å². The van der Waals surface area contributed by atoms with Gasteiger partial charge in [0.25, 0.3) is 0 Å². The quantitative estimate of drug-likeness (QED) is 0.441. The maximum atomic E-state index is 5.75. The van der Waals surface area contributed by atoms with Crippen LogP contribution in [0.5, 0.6) is 0 Å². The van der Waals surface area contributed by atoms with Crippen LogP contribution in [-0.2, 0) is 37.4 Å². The molecule has 31 heavy (non-hydrogen) atoms. The monoisotopic (exact) mass is 533 g/mol. The summed E-state index contributed by atoms with van der Waals surface area (Å²) in [7, 11) is 14.6. The molecular formula is C24H64N5OY-. The van der Waals surface area contributed by atoms with Gasteiger partial charge in [-0.15, -0.1) is 0 Å². The van der Waals surface area contributed by atoms with Crippen molar-refractivity contribution in [2.24, 2.45) is 0 Å². The minimum absolute atomic E-state index is 0. The zero-order chi connectivity index (χ0) is 23.8. The average molecular weight is 534 g/mol. The van der Waals surface area contributed by atoms with Crippen molar-refractivity contribution in [2.45, 2.75) is 43.5 Å². The average Bonchev–Trinajstić information content (AvgIpc) is 2.99. The third-order valence-electron chi connectivity index (χ3n) is 4.90. The summed E-state index contributed by atoms with van der Waals surface area (Å²) in [5.41, 5.74) is 0. The van der Waals surface area contributed by atoms with Crippen LogP contribution in [0.4, 0.5) is 0 Å². The van der Waals surface area contributed by atoms with Crippen molar-refractivity contribution in [3.8, 4) is 0 Å². The molecule has 0 amide bonds. The van der Waals surface area contributed by atoms with E-state index < -0.39 is 0 Å². The zero-order valence-electron chi connectivity index (χ0n) is 24.4. The molecule has 0 aromatic rings. The molecule has 195 valence electrons. The Bertz CT molecular complexity index is 294. The number of hydrogen-bond acceptors (Lipinski definition) is 6. The number of hydrogen-bond donors (Lipinski definition) is 0. The second-order valence-corrected chi connectivity index (χ2v) is 7.48. The van der Waals surface area contributed by atoms with Crippen molar-refractivity contribution in [1.29, 1.82) is 0 Å². The second kappa shape index (κ2) is 30.9. The van der Waals surface area contributed by atoms with Gasteiger partial charge in [-0.3, -0.25) is 0 Å². The second-order valence-electron chi connectivity index (χ2n) is 7.48. The van der Waals surface area contributed by atoms with Gasteiger partial charge < -0.3 is 36.7 Å². The van der Waals surface area contributed by atoms with Crippen LogP contribution in [0.3, 0.4) is 0 Å². The Morgan fingerprint density at radius 3 is 0.935 bits per heavy atom. The molecule has 0 bridgehead atoms. The first-order chi connectivity index (χ1) is 14.5. The first kappa shape index (κ1) is 39.1. The van der Waals surface area contributed by atoms with Crippen molar-refractivity contribution < 1.29 is 41.6 Å². The molecule has 0 atom stereocenters. The van der Waals surface area contributed by atoms with Gasteiger partial charge in [-0.2, -0.15) is 0 Å². The van der Waals surface area contributed by atoms with Crippen LogP contribution < -0.4 is 0 Å². The largest absolute Gasteiger partial charge is 0.379 e. The van der Waals surface area contributed by atoms with Crippen LogP contribution in [-0.4, -0.2) is 138 Å². The van der Waals surface area contributed by atoms with Crippen molar-refractivity contribution in [3.05, 3.63) is 7.43 Å². The third kappa shape index (κ3) is 28.8. The van der Waals surface area contributed by atoms with Gasteiger partial charge >= 0.3 is 0 Å². The number of morpholine rings is 1. The number of ether oxygens (including phenoxy) is 1. The Hall–Kier alpha value is 0.864. The maximum absolute atomic E-state index is 5.75. The van der Waals surface area contributed by atoms with E-state index in [2.05, 4.69) is 59.7 Å². The molecule has 0 N–H and O–H groups in total. The Labute approximate surface area is 230 Å². The molecule has 3 aliphatic heterocycles. The third-order valence-corrected chi connectivity index (χ3v) is 4.90. The molecule has 6 nitrogen and oxygen atoms in total. The minimum Gasteiger partial charge on any atom is -0.379 e. The standard InChI is InChI=1S/C7H16N2.C6H14N2.C5H11NO.5CH4.CH3.Y/c1-8-4-3-5-9(2)7-6-8;1-7-3-5-8(2)6-4-7;1-6-2-4-7-5-3-6;;;;;;;/h3-7H2,1-2H3;3-6H2,1-2H3;2-5H2,1H3;5*1H4;1H3;/q;;;;;;;;-1;/i;;;3*1T;;;;. The van der Waals surface area contributed by atoms with Gasteiger partial charge in [0.15, 0.2) is 0 Å². The van der Waals surface area contributed by atoms with E-state index in [0.717, 1.165) is 26.3 Å². The molecule has 7 heteroatoms. The molecule has 3 aliphatic rings. The van der Waals surface area contributed by atoms with Gasteiger partial charge in [0.1, 0.15) is 0 Å². The summed E-state index contributed by atoms with van der Waals surface area (Å²) in [6.07, 6.45) is 1.33. The van der Waals surface area contributed by atoms with E-state index in [1.165, 1.54) is 81.0 Å². The minimum atomic E-state index is 0. The van der Waals surface area contributed by atoms with E-state index >= 15 is 0 Å². The van der Waals surface area contributed by atoms with Gasteiger partial charge in [0, 0.05) is 89.2 Å². The fourth-order valence-corrected chi connectivity index (χ4v) is 2.74. The van der Waals surface area contributed by atoms with Gasteiger partial charge in [-0.05, 0) is 54.7 Å². The molecule has 0 unspecified atom stereocenters. The number of nitrogens with zero attached hydrogens (tertiary/aromatic N) is 5. The molecule has 0 saturated carbocycles. The summed E-state index contributed by atoms with van der Waals surface area (Å²) < 4.78 is 22.3. The summed E-state index contributed by atoms with van der Waals surface area (Å²) in [6, 6.07) is 0. The molecule has 1 radical (unpaired) electrons. The van der Waals surface area contributed by atoms with Crippen LogP contribution >= 0.6 is 0 Å². The summed E-state index contributed by atoms with van der Waals surface area (Å²) in [5.74, 6) is 0. The van der Waals surface area contributed by atoms with Gasteiger partial charge in [0.05, 0.1) is 13.2 Å². The SMILES string of the molecule is C.C.CN1CCCN(C)CC1.CN1CCN(C)CC1.CN1CCOCC1.[3H]C.[3H]C.[3H]C.[CH3-].[Y]. The Kier molecular flexibility index (Phi) is 38.9. The number of likely N-dealkylation sites (N-methyl/N-ethyl adjacent to an activating group) is 5. The number of rotatable bonds is 0. The van der Waals surface area contributed by atoms with Gasteiger partial charge in [-0.25, -0.2) is 0 Å². The predicted octanol–water partition coefficient (Wildman–Crippen LogP) is 3.69. The van der Waals surface area contributed by atoms with Crippen LogP contribution in [0.25, 0.3) is 0 Å². The normalized spacial score (nSPS) is 20.7. The molecule has 3 fully saturated rings. The van der Waals surface area contributed by atoms with Gasteiger partial charge in [-0.1, -0.05) is 37.1 Å². The van der Waals surface area contributed by atoms with Crippen molar-refractivity contribution in [1.82, 2.24) is 24.5 Å². The van der Waals surface area contributed by atoms with Gasteiger partial charge in [0.2, 0.25) is 0 Å². The molecule has 0 aromatic carbocycles. The first-order valence-corrected chi connectivity index (χ1v) is 9.48. The van der Waals surface area contributed by atoms with Crippen LogP contribution in [0.2, 0.25) is 0 Å². The zero-order valence-corrected chi connectivity index (χ0v) is 24.3. The van der Waals surface area contributed by atoms with E-state index in [9.17, 15) is 0 Å². The van der Waals surface area contributed by atoms with Crippen LogP contribution in [0.15, 0.2) is 0 Å². The van der Waals surface area contributed by atoms with E-state index in [4.69, 9.17) is 8.85 Å². The Morgan fingerprint density at radius 1 is 0.484 bits per heavy atom. The summed E-state index contributed by atoms with van der Waals surface area (Å²) in [5, 5.41) is 0. The first-order valence-electron chi connectivity index (χ1n) is 12.5. The molecule has 0 aliphatic carbocycles. The van der Waals surface area contributed by atoms with E-state index in [-0.39, 0.29) is 55.0 Å². The molecule has 0 aromatic heterocycles. The van der Waals surface area contributed by atoms with E-state index in [1.54, 1.807) is 0 Å². The van der Waals surface area contributed by atoms with E-state index in [1.807, 2.05) is 0 Å². The van der Waals surface area contributed by atoms with Crippen molar-refractivity contribution >= 4 is 0 Å².